The van der Waals surface area contributed by atoms with E-state index >= 15 is 0 Å². The van der Waals surface area contributed by atoms with Crippen molar-refractivity contribution in [3.05, 3.63) is 11.8 Å². The third-order valence-corrected chi connectivity index (χ3v) is 3.05. The molecule has 0 aromatic heterocycles. The molecule has 0 atom stereocenters. The second-order valence-electron chi connectivity index (χ2n) is 4.69. The topological polar surface area (TPSA) is 77.4 Å². The number of carbonyl (C=O) groups is 1. The molecule has 0 aromatic rings. The molecule has 0 saturated carbocycles. The number of carbonyl (C=O) groups excluding carboxylic acids is 1. The molecule has 0 radical (unpaired) electrons. The molecule has 0 unspecified atom stereocenters. The molecule has 2 N–H and O–H groups in total. The van der Waals surface area contributed by atoms with Crippen molar-refractivity contribution in [2.75, 3.05) is 45.9 Å². The van der Waals surface area contributed by atoms with Gasteiger partial charge in [-0.2, -0.15) is 5.26 Å². The average Bonchev–Trinajstić information content (AvgIpc) is 2.49. The predicted octanol–water partition coefficient (Wildman–Crippen LogP) is 0.232. The van der Waals surface area contributed by atoms with Crippen molar-refractivity contribution >= 4 is 5.91 Å². The third-order valence-electron chi connectivity index (χ3n) is 3.05. The number of amides is 1. The molecule has 0 bridgehead atoms. The Morgan fingerprint density at radius 3 is 2.80 bits per heavy atom. The van der Waals surface area contributed by atoms with Crippen molar-refractivity contribution in [3.8, 4) is 6.07 Å². The molecule has 1 fully saturated rings. The first-order chi connectivity index (χ1) is 9.77. The van der Waals surface area contributed by atoms with Crippen LogP contribution in [0.2, 0.25) is 0 Å². The van der Waals surface area contributed by atoms with Gasteiger partial charge in [0.05, 0.1) is 13.2 Å². The Labute approximate surface area is 120 Å². The normalized spacial score (nSPS) is 16.5. The zero-order chi connectivity index (χ0) is 14.6. The van der Waals surface area contributed by atoms with Crippen LogP contribution in [0.5, 0.6) is 0 Å². The van der Waals surface area contributed by atoms with Crippen molar-refractivity contribution in [2.24, 2.45) is 0 Å². The number of morpholine rings is 1. The molecule has 6 nitrogen and oxygen atoms in total. The van der Waals surface area contributed by atoms with Crippen LogP contribution >= 0.6 is 0 Å². The fourth-order valence-corrected chi connectivity index (χ4v) is 1.89. The van der Waals surface area contributed by atoms with Crippen molar-refractivity contribution in [2.45, 2.75) is 19.8 Å². The molecular weight excluding hydrogens is 256 g/mol. The molecule has 1 rings (SSSR count). The molecule has 6 heteroatoms. The molecule has 1 heterocycles. The van der Waals surface area contributed by atoms with Crippen molar-refractivity contribution in [3.63, 3.8) is 0 Å². The first kappa shape index (κ1) is 16.5. The Bertz CT molecular complexity index is 357. The monoisotopic (exact) mass is 280 g/mol. The lowest BCUT2D eigenvalue weighted by molar-refractivity contribution is -0.117. The van der Waals surface area contributed by atoms with Gasteiger partial charge in [0, 0.05) is 32.4 Å². The van der Waals surface area contributed by atoms with E-state index in [1.807, 2.05) is 13.0 Å². The van der Waals surface area contributed by atoms with E-state index in [1.54, 1.807) is 0 Å². The van der Waals surface area contributed by atoms with E-state index in [0.29, 0.717) is 6.54 Å². The van der Waals surface area contributed by atoms with Crippen LogP contribution in [0.25, 0.3) is 0 Å². The molecule has 0 spiro atoms. The van der Waals surface area contributed by atoms with Gasteiger partial charge in [-0.05, 0) is 19.4 Å². The van der Waals surface area contributed by atoms with E-state index in [2.05, 4.69) is 15.5 Å². The lowest BCUT2D eigenvalue weighted by Gasteiger charge is -2.26. The minimum atomic E-state index is -0.310. The minimum absolute atomic E-state index is 0.129. The molecule has 112 valence electrons. The molecule has 20 heavy (non-hydrogen) atoms. The van der Waals surface area contributed by atoms with Gasteiger partial charge < -0.3 is 15.4 Å². The van der Waals surface area contributed by atoms with Crippen molar-refractivity contribution < 1.29 is 9.53 Å². The Hall–Kier alpha value is -1.58. The number of rotatable bonds is 8. The maximum absolute atomic E-state index is 11.6. The summed E-state index contributed by atoms with van der Waals surface area (Å²) in [6.07, 6.45) is 3.34. The highest BCUT2D eigenvalue weighted by Gasteiger charge is 2.09. The largest absolute Gasteiger partial charge is 0.390 e. The summed E-state index contributed by atoms with van der Waals surface area (Å²) in [5, 5.41) is 14.6. The van der Waals surface area contributed by atoms with Gasteiger partial charge in [-0.25, -0.2) is 0 Å². The van der Waals surface area contributed by atoms with Gasteiger partial charge in [0.15, 0.2) is 0 Å². The van der Waals surface area contributed by atoms with E-state index < -0.39 is 0 Å². The molecule has 1 aliphatic heterocycles. The summed E-state index contributed by atoms with van der Waals surface area (Å²) in [7, 11) is 0. The van der Waals surface area contributed by atoms with Crippen LogP contribution in [0.15, 0.2) is 11.8 Å². The highest BCUT2D eigenvalue weighted by Crippen LogP contribution is 1.97. The number of hydrogen-bond acceptors (Lipinski definition) is 5. The summed E-state index contributed by atoms with van der Waals surface area (Å²) in [6, 6.07) is 1.91. The summed E-state index contributed by atoms with van der Waals surface area (Å²) in [4.78, 5) is 13.9. The number of ether oxygens (including phenoxy) is 1. The molecule has 1 amide bonds. The predicted molar refractivity (Wildman–Crippen MR) is 76.9 cm³/mol. The van der Waals surface area contributed by atoms with E-state index in [1.165, 1.54) is 6.20 Å². The second-order valence-corrected chi connectivity index (χ2v) is 4.69. The highest BCUT2D eigenvalue weighted by atomic mass is 16.5. The van der Waals surface area contributed by atoms with Crippen LogP contribution in [-0.4, -0.2) is 56.7 Å². The van der Waals surface area contributed by atoms with Gasteiger partial charge >= 0.3 is 0 Å². The SMILES string of the molecule is CCCNC(=O)/C(C#N)=C\NCCCN1CCOCC1. The zero-order valence-corrected chi connectivity index (χ0v) is 12.2. The van der Waals surface area contributed by atoms with Gasteiger partial charge in [0.1, 0.15) is 11.6 Å². The number of hydrogen-bond donors (Lipinski definition) is 2. The first-order valence-corrected chi connectivity index (χ1v) is 7.20. The van der Waals surface area contributed by atoms with Crippen molar-refractivity contribution in [1.82, 2.24) is 15.5 Å². The summed E-state index contributed by atoms with van der Waals surface area (Å²) in [6.45, 7) is 7.91. The van der Waals surface area contributed by atoms with E-state index in [4.69, 9.17) is 10.00 Å². The van der Waals surface area contributed by atoms with Gasteiger partial charge in [-0.15, -0.1) is 0 Å². The van der Waals surface area contributed by atoms with Crippen LogP contribution in [0, 0.1) is 11.3 Å². The summed E-state index contributed by atoms with van der Waals surface area (Å²) >= 11 is 0. The molecule has 1 aliphatic rings. The second kappa shape index (κ2) is 10.2. The van der Waals surface area contributed by atoms with Gasteiger partial charge in [0.25, 0.3) is 5.91 Å². The number of nitrogens with zero attached hydrogens (tertiary/aromatic N) is 2. The number of nitriles is 1. The minimum Gasteiger partial charge on any atom is -0.390 e. The van der Waals surface area contributed by atoms with Gasteiger partial charge in [-0.3, -0.25) is 9.69 Å². The maximum atomic E-state index is 11.6. The Morgan fingerprint density at radius 2 is 2.15 bits per heavy atom. The molecule has 0 aliphatic carbocycles. The fourth-order valence-electron chi connectivity index (χ4n) is 1.89. The van der Waals surface area contributed by atoms with E-state index in [9.17, 15) is 4.79 Å². The lowest BCUT2D eigenvalue weighted by atomic mass is 10.3. The van der Waals surface area contributed by atoms with Gasteiger partial charge in [0.2, 0.25) is 0 Å². The Morgan fingerprint density at radius 1 is 1.40 bits per heavy atom. The zero-order valence-electron chi connectivity index (χ0n) is 12.2. The number of nitrogens with one attached hydrogen (secondary N) is 2. The van der Waals surface area contributed by atoms with E-state index in [-0.39, 0.29) is 11.5 Å². The van der Waals surface area contributed by atoms with Crippen LogP contribution in [0.4, 0.5) is 0 Å². The van der Waals surface area contributed by atoms with Crippen LogP contribution in [-0.2, 0) is 9.53 Å². The average molecular weight is 280 g/mol. The third kappa shape index (κ3) is 6.55. The molecule has 1 saturated heterocycles. The lowest BCUT2D eigenvalue weighted by Crippen LogP contribution is -2.37. The van der Waals surface area contributed by atoms with E-state index in [0.717, 1.165) is 52.2 Å². The van der Waals surface area contributed by atoms with Crippen molar-refractivity contribution in [1.29, 1.82) is 5.26 Å². The maximum Gasteiger partial charge on any atom is 0.263 e. The molecule has 0 aromatic carbocycles. The Balaban J connectivity index is 2.17. The highest BCUT2D eigenvalue weighted by molar-refractivity contribution is 5.97. The molecular formula is C14H24N4O2. The quantitative estimate of drug-likeness (QED) is 0.378. The summed E-state index contributed by atoms with van der Waals surface area (Å²) in [5.41, 5.74) is 0.129. The standard InChI is InChI=1S/C14H24N4O2/c1-2-4-17-14(19)13(11-15)12-16-5-3-6-18-7-9-20-10-8-18/h12,16H,2-10H2,1H3,(H,17,19)/b13-12-. The Kier molecular flexibility index (Phi) is 8.43. The summed E-state index contributed by atoms with van der Waals surface area (Å²) < 4.78 is 5.28. The van der Waals surface area contributed by atoms with Crippen LogP contribution < -0.4 is 10.6 Å². The smallest absolute Gasteiger partial charge is 0.263 e. The summed E-state index contributed by atoms with van der Waals surface area (Å²) in [5.74, 6) is -0.310. The fraction of sp³-hybridized carbons (Fsp3) is 0.714. The van der Waals surface area contributed by atoms with Crippen LogP contribution in [0.3, 0.4) is 0 Å². The van der Waals surface area contributed by atoms with Gasteiger partial charge in [-0.1, -0.05) is 6.92 Å². The first-order valence-electron chi connectivity index (χ1n) is 7.20. The van der Waals surface area contributed by atoms with Crippen LogP contribution in [0.1, 0.15) is 19.8 Å².